The smallest absolute Gasteiger partial charge is 0.422 e. The predicted octanol–water partition coefficient (Wildman–Crippen LogP) is 0.991. The van der Waals surface area contributed by atoms with Gasteiger partial charge >= 0.3 is 16.3 Å². The molecule has 0 unspecified atom stereocenters. The average molecular weight is 289 g/mol. The first kappa shape index (κ1) is 15.7. The Balaban J connectivity index is 2.61. The van der Waals surface area contributed by atoms with Crippen molar-refractivity contribution in [1.29, 1.82) is 5.26 Å². The molecular formula is C11H19N3O4S. The van der Waals surface area contributed by atoms with Crippen LogP contribution in [0.25, 0.3) is 0 Å². The summed E-state index contributed by atoms with van der Waals surface area (Å²) in [7, 11) is -3.89. The van der Waals surface area contributed by atoms with Gasteiger partial charge in [0.2, 0.25) is 0 Å². The van der Waals surface area contributed by atoms with E-state index >= 15 is 0 Å². The normalized spacial score (nSPS) is 19.7. The summed E-state index contributed by atoms with van der Waals surface area (Å²) < 4.78 is 31.6. The van der Waals surface area contributed by atoms with E-state index in [1.165, 1.54) is 0 Å². The van der Waals surface area contributed by atoms with Crippen molar-refractivity contribution in [3.05, 3.63) is 0 Å². The maximum Gasteiger partial charge on any atom is 0.422 e. The van der Waals surface area contributed by atoms with Crippen LogP contribution in [0.5, 0.6) is 0 Å². The molecule has 0 radical (unpaired) electrons. The van der Waals surface area contributed by atoms with Crippen molar-refractivity contribution in [2.45, 2.75) is 39.7 Å². The Kier molecular flexibility index (Phi) is 4.76. The van der Waals surface area contributed by atoms with Crippen molar-refractivity contribution in [2.24, 2.45) is 5.41 Å². The molecule has 0 saturated carbocycles. The molecule has 0 aromatic rings. The molecule has 0 atom stereocenters. The second-order valence-electron chi connectivity index (χ2n) is 5.13. The Hall–Kier alpha value is -1.33. The van der Waals surface area contributed by atoms with Crippen LogP contribution in [0.15, 0.2) is 0 Å². The van der Waals surface area contributed by atoms with Crippen LogP contribution in [0.4, 0.5) is 4.79 Å². The van der Waals surface area contributed by atoms with Crippen LogP contribution >= 0.6 is 0 Å². The average Bonchev–Trinajstić information content (AvgIpc) is 2.27. The van der Waals surface area contributed by atoms with Crippen molar-refractivity contribution in [1.82, 2.24) is 9.03 Å². The van der Waals surface area contributed by atoms with E-state index in [4.69, 9.17) is 10.00 Å². The fourth-order valence-corrected chi connectivity index (χ4v) is 2.79. The largest absolute Gasteiger partial charge is 0.446 e. The minimum absolute atomic E-state index is 0.217. The number of nitrogens with one attached hydrogen (secondary N) is 1. The summed E-state index contributed by atoms with van der Waals surface area (Å²) in [4.78, 5) is 11.3. The summed E-state index contributed by atoms with van der Waals surface area (Å²) >= 11 is 0. The first-order chi connectivity index (χ1) is 8.68. The highest BCUT2D eigenvalue weighted by molar-refractivity contribution is 7.87. The maximum atomic E-state index is 11.9. The lowest BCUT2D eigenvalue weighted by molar-refractivity contribution is 0.120. The van der Waals surface area contributed by atoms with E-state index in [0.717, 1.165) is 4.31 Å². The Morgan fingerprint density at radius 2 is 1.95 bits per heavy atom. The molecule has 1 amide bonds. The van der Waals surface area contributed by atoms with E-state index in [2.05, 4.69) is 6.07 Å². The molecule has 1 aliphatic rings. The molecule has 0 aromatic carbocycles. The predicted molar refractivity (Wildman–Crippen MR) is 68.2 cm³/mol. The standard InChI is InChI=1S/C11H19N3O4S/c1-9(2)18-10(15)13-19(16,17)14-6-4-11(3,8-12)5-7-14/h9H,4-7H2,1-3H3,(H,13,15). The van der Waals surface area contributed by atoms with Gasteiger partial charge in [-0.1, -0.05) is 0 Å². The highest BCUT2D eigenvalue weighted by Gasteiger charge is 2.35. The number of carbonyl (C=O) groups excluding carboxylic acids is 1. The van der Waals surface area contributed by atoms with Crippen molar-refractivity contribution in [3.8, 4) is 6.07 Å². The number of nitriles is 1. The van der Waals surface area contributed by atoms with Gasteiger partial charge in [-0.2, -0.15) is 18.0 Å². The van der Waals surface area contributed by atoms with Gasteiger partial charge in [0, 0.05) is 13.1 Å². The van der Waals surface area contributed by atoms with Gasteiger partial charge in [0.1, 0.15) is 0 Å². The zero-order valence-electron chi connectivity index (χ0n) is 11.3. The third kappa shape index (κ3) is 4.36. The van der Waals surface area contributed by atoms with Gasteiger partial charge in [0.15, 0.2) is 0 Å². The Morgan fingerprint density at radius 3 is 2.37 bits per heavy atom. The van der Waals surface area contributed by atoms with Gasteiger partial charge in [-0.3, -0.25) is 0 Å². The Morgan fingerprint density at radius 1 is 1.42 bits per heavy atom. The molecule has 108 valence electrons. The lowest BCUT2D eigenvalue weighted by atomic mass is 9.83. The Bertz CT molecular complexity index is 473. The number of piperidine rings is 1. The van der Waals surface area contributed by atoms with Crippen LogP contribution in [0, 0.1) is 16.7 Å². The van der Waals surface area contributed by atoms with Crippen LogP contribution in [0.1, 0.15) is 33.6 Å². The van der Waals surface area contributed by atoms with E-state index in [9.17, 15) is 13.2 Å². The van der Waals surface area contributed by atoms with Crippen molar-refractivity contribution >= 4 is 16.3 Å². The SMILES string of the molecule is CC(C)OC(=O)NS(=O)(=O)N1CCC(C)(C#N)CC1. The second-order valence-corrected chi connectivity index (χ2v) is 6.80. The maximum absolute atomic E-state index is 11.9. The second kappa shape index (κ2) is 5.75. The fraction of sp³-hybridized carbons (Fsp3) is 0.818. The molecule has 1 N–H and O–H groups in total. The highest BCUT2D eigenvalue weighted by Crippen LogP contribution is 2.30. The van der Waals surface area contributed by atoms with Gasteiger partial charge in [-0.05, 0) is 33.6 Å². The van der Waals surface area contributed by atoms with Crippen LogP contribution in [0.2, 0.25) is 0 Å². The quantitative estimate of drug-likeness (QED) is 0.835. The van der Waals surface area contributed by atoms with Crippen LogP contribution in [-0.2, 0) is 14.9 Å². The monoisotopic (exact) mass is 289 g/mol. The molecule has 1 rings (SSSR count). The summed E-state index contributed by atoms with van der Waals surface area (Å²) in [6.07, 6.45) is -0.477. The molecule has 0 aliphatic carbocycles. The highest BCUT2D eigenvalue weighted by atomic mass is 32.2. The molecule has 0 bridgehead atoms. The van der Waals surface area contributed by atoms with Crippen molar-refractivity contribution in [3.63, 3.8) is 0 Å². The summed E-state index contributed by atoms with van der Waals surface area (Å²) in [5, 5.41) is 8.98. The third-order valence-corrected chi connectivity index (χ3v) is 4.46. The molecule has 1 saturated heterocycles. The zero-order chi connectivity index (χ0) is 14.7. The number of nitrogens with zero attached hydrogens (tertiary/aromatic N) is 2. The summed E-state index contributed by atoms with van der Waals surface area (Å²) in [5.74, 6) is 0. The van der Waals surface area contributed by atoms with Crippen LogP contribution < -0.4 is 4.72 Å². The minimum atomic E-state index is -3.89. The number of carbonyl (C=O) groups is 1. The van der Waals surface area contributed by atoms with Gasteiger partial charge in [-0.15, -0.1) is 0 Å². The summed E-state index contributed by atoms with van der Waals surface area (Å²) in [6.45, 7) is 5.50. The number of amides is 1. The minimum Gasteiger partial charge on any atom is -0.446 e. The van der Waals surface area contributed by atoms with E-state index in [1.807, 2.05) is 4.72 Å². The first-order valence-corrected chi connectivity index (χ1v) is 7.52. The van der Waals surface area contributed by atoms with Gasteiger partial charge in [0.25, 0.3) is 0 Å². The molecule has 1 heterocycles. The number of hydrogen-bond donors (Lipinski definition) is 1. The molecule has 0 aromatic heterocycles. The van der Waals surface area contributed by atoms with Gasteiger partial charge in [0.05, 0.1) is 17.6 Å². The summed E-state index contributed by atoms with van der Waals surface area (Å²) in [5.41, 5.74) is -0.496. The number of ether oxygens (including phenoxy) is 1. The van der Waals surface area contributed by atoms with Crippen LogP contribution in [0.3, 0.4) is 0 Å². The molecule has 1 fully saturated rings. The van der Waals surface area contributed by atoms with Crippen molar-refractivity contribution < 1.29 is 17.9 Å². The van der Waals surface area contributed by atoms with Gasteiger partial charge in [-0.25, -0.2) is 9.52 Å². The molecule has 19 heavy (non-hydrogen) atoms. The van der Waals surface area contributed by atoms with E-state index < -0.39 is 27.8 Å². The molecule has 1 aliphatic heterocycles. The fourth-order valence-electron chi connectivity index (χ4n) is 1.74. The number of hydrogen-bond acceptors (Lipinski definition) is 5. The first-order valence-electron chi connectivity index (χ1n) is 6.08. The molecular weight excluding hydrogens is 270 g/mol. The van der Waals surface area contributed by atoms with Crippen molar-refractivity contribution in [2.75, 3.05) is 13.1 Å². The molecule has 8 heteroatoms. The zero-order valence-corrected chi connectivity index (χ0v) is 12.2. The summed E-state index contributed by atoms with van der Waals surface area (Å²) in [6, 6.07) is 2.19. The van der Waals surface area contributed by atoms with E-state index in [0.29, 0.717) is 12.8 Å². The molecule has 7 nitrogen and oxygen atoms in total. The lowest BCUT2D eigenvalue weighted by Gasteiger charge is -2.33. The lowest BCUT2D eigenvalue weighted by Crippen LogP contribution is -2.48. The van der Waals surface area contributed by atoms with Crippen LogP contribution in [-0.4, -0.2) is 38.0 Å². The van der Waals surface area contributed by atoms with E-state index in [-0.39, 0.29) is 13.1 Å². The van der Waals surface area contributed by atoms with Gasteiger partial charge < -0.3 is 4.74 Å². The number of rotatable bonds is 3. The topological polar surface area (TPSA) is 99.5 Å². The van der Waals surface area contributed by atoms with E-state index in [1.54, 1.807) is 20.8 Å². The third-order valence-electron chi connectivity index (χ3n) is 2.99. The Labute approximate surface area is 113 Å². The molecule has 0 spiro atoms.